The van der Waals surface area contributed by atoms with Crippen LogP contribution in [0.1, 0.15) is 22.3 Å². The summed E-state index contributed by atoms with van der Waals surface area (Å²) in [6, 6.07) is 19.3. The van der Waals surface area contributed by atoms with Crippen molar-refractivity contribution in [2.45, 2.75) is 19.1 Å². The van der Waals surface area contributed by atoms with Gasteiger partial charge in [-0.3, -0.25) is 14.3 Å². The minimum absolute atomic E-state index is 0.0821. The van der Waals surface area contributed by atoms with E-state index in [2.05, 4.69) is 14.9 Å². The molecular formula is C30H26FN5O3. The Morgan fingerprint density at radius 1 is 1.05 bits per heavy atom. The predicted octanol–water partition coefficient (Wildman–Crippen LogP) is 4.26. The average Bonchev–Trinajstić information content (AvgIpc) is 3.56. The third-order valence-electron chi connectivity index (χ3n) is 7.16. The van der Waals surface area contributed by atoms with Gasteiger partial charge < -0.3 is 15.9 Å². The van der Waals surface area contributed by atoms with Gasteiger partial charge >= 0.3 is 0 Å². The van der Waals surface area contributed by atoms with Crippen LogP contribution in [-0.4, -0.2) is 54.7 Å². The molecule has 4 N–H and O–H groups in total. The van der Waals surface area contributed by atoms with Crippen molar-refractivity contribution in [1.82, 2.24) is 19.4 Å². The van der Waals surface area contributed by atoms with E-state index in [1.54, 1.807) is 34.9 Å². The van der Waals surface area contributed by atoms with Gasteiger partial charge in [0.25, 0.3) is 0 Å². The molecule has 9 heteroatoms. The molecule has 6 rings (SSSR count). The first-order valence-electron chi connectivity index (χ1n) is 12.6. The fourth-order valence-corrected chi connectivity index (χ4v) is 5.20. The fraction of sp³-hybridized carbons (Fsp3) is 0.167. The van der Waals surface area contributed by atoms with Gasteiger partial charge in [0.1, 0.15) is 28.9 Å². The number of benzene rings is 3. The molecule has 1 amide bonds. The number of nitrogens with two attached hydrogens (primary N) is 1. The number of hydrogen-bond acceptors (Lipinski definition) is 6. The molecule has 3 aromatic carbocycles. The number of aromatic hydroxyl groups is 1. The largest absolute Gasteiger partial charge is 0.504 e. The monoisotopic (exact) mass is 523 g/mol. The number of primary amides is 1. The number of rotatable bonds is 6. The zero-order chi connectivity index (χ0) is 27.1. The molecule has 1 saturated heterocycles. The summed E-state index contributed by atoms with van der Waals surface area (Å²) in [6.45, 7) is 2.11. The zero-order valence-electron chi connectivity index (χ0n) is 21.0. The van der Waals surface area contributed by atoms with Crippen molar-refractivity contribution in [3.63, 3.8) is 0 Å². The van der Waals surface area contributed by atoms with Crippen LogP contribution in [0.5, 0.6) is 5.75 Å². The van der Waals surface area contributed by atoms with Crippen LogP contribution in [0.4, 0.5) is 4.39 Å². The molecule has 1 atom stereocenters. The fourth-order valence-electron chi connectivity index (χ4n) is 5.20. The Hall–Kier alpha value is -4.60. The Morgan fingerprint density at radius 3 is 2.67 bits per heavy atom. The van der Waals surface area contributed by atoms with Crippen LogP contribution in [0.25, 0.3) is 39.1 Å². The maximum Gasteiger partial charge on any atom is 0.248 e. The molecule has 0 bridgehead atoms. The summed E-state index contributed by atoms with van der Waals surface area (Å²) in [5, 5.41) is 21.1. The van der Waals surface area contributed by atoms with E-state index < -0.39 is 11.7 Å². The topological polar surface area (TPSA) is 118 Å². The van der Waals surface area contributed by atoms with Gasteiger partial charge in [0.15, 0.2) is 5.75 Å². The number of carbonyl (C=O) groups is 1. The number of amides is 1. The van der Waals surface area contributed by atoms with Gasteiger partial charge in [0.05, 0.1) is 12.3 Å². The Morgan fingerprint density at radius 2 is 1.90 bits per heavy atom. The molecule has 0 spiro atoms. The second-order valence-corrected chi connectivity index (χ2v) is 9.75. The number of β-amino-alcohol motifs (C(OH)–C–C–N with tert-alkyl or cyclic N) is 1. The summed E-state index contributed by atoms with van der Waals surface area (Å²) < 4.78 is 17.2. The van der Waals surface area contributed by atoms with Gasteiger partial charge in [-0.25, -0.2) is 14.4 Å². The molecule has 1 unspecified atom stereocenters. The van der Waals surface area contributed by atoms with E-state index in [0.29, 0.717) is 40.9 Å². The van der Waals surface area contributed by atoms with Gasteiger partial charge in [0, 0.05) is 36.4 Å². The Kier molecular flexibility index (Phi) is 6.30. The van der Waals surface area contributed by atoms with Crippen molar-refractivity contribution >= 4 is 16.9 Å². The van der Waals surface area contributed by atoms with Crippen molar-refractivity contribution < 1.29 is 19.4 Å². The van der Waals surface area contributed by atoms with Crippen LogP contribution < -0.4 is 5.73 Å². The van der Waals surface area contributed by atoms with Crippen LogP contribution in [0.15, 0.2) is 79.3 Å². The van der Waals surface area contributed by atoms with Gasteiger partial charge in [-0.2, -0.15) is 0 Å². The SMILES string of the molecule is NC(=O)c1cccc(-n2cnc3cnc(-c4ccc(-c5ccccc5CN5CCC(O)C5)cc4F)c(O)c32)c1. The summed E-state index contributed by atoms with van der Waals surface area (Å²) in [5.74, 6) is -1.33. The molecule has 1 fully saturated rings. The number of pyridine rings is 1. The summed E-state index contributed by atoms with van der Waals surface area (Å²) >= 11 is 0. The normalized spacial score (nSPS) is 15.7. The molecule has 8 nitrogen and oxygen atoms in total. The molecule has 39 heavy (non-hydrogen) atoms. The number of halogens is 1. The van der Waals surface area contributed by atoms with Gasteiger partial charge in [-0.05, 0) is 53.4 Å². The van der Waals surface area contributed by atoms with E-state index in [0.717, 1.165) is 24.1 Å². The minimum atomic E-state index is -0.574. The number of fused-ring (bicyclic) bond motifs is 1. The van der Waals surface area contributed by atoms with E-state index in [1.807, 2.05) is 30.3 Å². The second-order valence-electron chi connectivity index (χ2n) is 9.75. The number of aliphatic hydroxyl groups excluding tert-OH is 1. The standard InChI is InChI=1S/C30H26FN5O3/c31-25-13-18(23-7-2-1-4-20(23)15-35-11-10-22(37)16-35)8-9-24(25)27-29(38)28-26(14-33-27)34-17-36(28)21-6-3-5-19(12-21)30(32)39/h1-9,12-14,17,22,37-38H,10-11,15-16H2,(H2,32,39). The number of hydrogen-bond donors (Lipinski definition) is 3. The smallest absolute Gasteiger partial charge is 0.248 e. The van der Waals surface area contributed by atoms with E-state index >= 15 is 4.39 Å². The highest BCUT2D eigenvalue weighted by atomic mass is 19.1. The van der Waals surface area contributed by atoms with Crippen molar-refractivity contribution in [3.8, 4) is 33.8 Å². The highest BCUT2D eigenvalue weighted by Gasteiger charge is 2.22. The van der Waals surface area contributed by atoms with Crippen LogP contribution in [0, 0.1) is 5.82 Å². The van der Waals surface area contributed by atoms with Crippen LogP contribution in [-0.2, 0) is 6.54 Å². The van der Waals surface area contributed by atoms with E-state index in [1.165, 1.54) is 18.6 Å². The third-order valence-corrected chi connectivity index (χ3v) is 7.16. The molecular weight excluding hydrogens is 497 g/mol. The quantitative estimate of drug-likeness (QED) is 0.306. The van der Waals surface area contributed by atoms with Gasteiger partial charge in [0.2, 0.25) is 5.91 Å². The van der Waals surface area contributed by atoms with Crippen molar-refractivity contribution in [2.75, 3.05) is 13.1 Å². The first kappa shape index (κ1) is 24.7. The number of aliphatic hydroxyl groups is 1. The molecule has 0 saturated carbocycles. The lowest BCUT2D eigenvalue weighted by atomic mass is 9.97. The highest BCUT2D eigenvalue weighted by molar-refractivity contribution is 5.94. The van der Waals surface area contributed by atoms with Crippen LogP contribution in [0.3, 0.4) is 0 Å². The molecule has 5 aromatic rings. The summed E-state index contributed by atoms with van der Waals surface area (Å²) in [5.41, 5.74) is 9.95. The maximum atomic E-state index is 15.6. The van der Waals surface area contributed by atoms with E-state index in [-0.39, 0.29) is 23.1 Å². The average molecular weight is 524 g/mol. The summed E-state index contributed by atoms with van der Waals surface area (Å²) in [6.07, 6.45) is 3.43. The minimum Gasteiger partial charge on any atom is -0.504 e. The highest BCUT2D eigenvalue weighted by Crippen LogP contribution is 2.37. The Labute approximate surface area is 223 Å². The second kappa shape index (κ2) is 9.94. The molecule has 1 aliphatic rings. The summed E-state index contributed by atoms with van der Waals surface area (Å²) in [4.78, 5) is 22.5. The number of carbonyl (C=O) groups excluding carboxylic acids is 1. The number of likely N-dealkylation sites (tertiary alicyclic amines) is 1. The third kappa shape index (κ3) is 4.62. The van der Waals surface area contributed by atoms with Crippen molar-refractivity contribution in [3.05, 3.63) is 96.2 Å². The lowest BCUT2D eigenvalue weighted by Crippen LogP contribution is -2.21. The predicted molar refractivity (Wildman–Crippen MR) is 146 cm³/mol. The number of aromatic nitrogens is 3. The molecule has 2 aromatic heterocycles. The summed E-state index contributed by atoms with van der Waals surface area (Å²) in [7, 11) is 0. The first-order valence-corrected chi connectivity index (χ1v) is 12.6. The van der Waals surface area contributed by atoms with E-state index in [4.69, 9.17) is 5.73 Å². The van der Waals surface area contributed by atoms with Crippen LogP contribution in [0.2, 0.25) is 0 Å². The van der Waals surface area contributed by atoms with Crippen molar-refractivity contribution in [2.24, 2.45) is 5.73 Å². The zero-order valence-corrected chi connectivity index (χ0v) is 21.0. The number of nitrogens with zero attached hydrogens (tertiary/aromatic N) is 4. The van der Waals surface area contributed by atoms with Gasteiger partial charge in [-0.1, -0.05) is 36.4 Å². The lowest BCUT2D eigenvalue weighted by molar-refractivity contribution is 0.1000. The van der Waals surface area contributed by atoms with Gasteiger partial charge in [-0.15, -0.1) is 0 Å². The lowest BCUT2D eigenvalue weighted by Gasteiger charge is -2.18. The first-order chi connectivity index (χ1) is 18.9. The van der Waals surface area contributed by atoms with E-state index in [9.17, 15) is 15.0 Å². The Bertz CT molecular complexity index is 1720. The molecule has 1 aliphatic heterocycles. The Balaban J connectivity index is 1.38. The van der Waals surface area contributed by atoms with Crippen molar-refractivity contribution in [1.29, 1.82) is 0 Å². The molecule has 0 radical (unpaired) electrons. The molecule has 196 valence electrons. The maximum absolute atomic E-state index is 15.6. The molecule has 0 aliphatic carbocycles. The molecule has 3 heterocycles. The number of imidazole rings is 1. The van der Waals surface area contributed by atoms with Crippen LogP contribution >= 0.6 is 0 Å².